The number of ether oxygens (including phenoxy) is 2. The molecule has 3 rings (SSSR count). The third-order valence-corrected chi connectivity index (χ3v) is 6.63. The van der Waals surface area contributed by atoms with Crippen LogP contribution in [-0.2, 0) is 19.6 Å². The van der Waals surface area contributed by atoms with E-state index in [4.69, 9.17) is 9.47 Å². The molecule has 0 spiro atoms. The molecule has 0 aliphatic carbocycles. The third-order valence-electron chi connectivity index (χ3n) is 4.85. The normalized spacial score (nSPS) is 10.8. The second-order valence-electron chi connectivity index (χ2n) is 7.10. The molecule has 0 unspecified atom stereocenters. The number of rotatable bonds is 9. The number of anilines is 2. The highest BCUT2D eigenvalue weighted by molar-refractivity contribution is 7.92. The quantitative estimate of drug-likeness (QED) is 0.268. The van der Waals surface area contributed by atoms with Crippen LogP contribution in [0.3, 0.4) is 0 Å². The minimum atomic E-state index is -3.95. The lowest BCUT2D eigenvalue weighted by atomic mass is 10.2. The Kier molecular flexibility index (Phi) is 7.66. The number of benzene rings is 3. The Hall–Kier alpha value is -4.45. The molecule has 3 aromatic carbocycles. The average molecular weight is 500 g/mol. The fourth-order valence-electron chi connectivity index (χ4n) is 3.02. The first kappa shape index (κ1) is 25.2. The predicted octanol–water partition coefficient (Wildman–Crippen LogP) is 3.22. The van der Waals surface area contributed by atoms with Crippen molar-refractivity contribution in [3.8, 4) is 5.75 Å². The van der Waals surface area contributed by atoms with E-state index >= 15 is 0 Å². The number of carbonyl (C=O) groups excluding carboxylic acids is 2. The van der Waals surface area contributed by atoms with Crippen molar-refractivity contribution in [2.24, 2.45) is 0 Å². The summed E-state index contributed by atoms with van der Waals surface area (Å²) in [4.78, 5) is 34.8. The molecule has 0 aromatic heterocycles. The van der Waals surface area contributed by atoms with Crippen LogP contribution >= 0.6 is 0 Å². The zero-order valence-electron chi connectivity index (χ0n) is 18.7. The molecule has 182 valence electrons. The number of hydrogen-bond acceptors (Lipinski definition) is 8. The molecule has 0 fully saturated rings. The molecule has 0 atom stereocenters. The molecule has 12 heteroatoms. The summed E-state index contributed by atoms with van der Waals surface area (Å²) in [7, 11) is -1.27. The van der Waals surface area contributed by atoms with Gasteiger partial charge in [0.15, 0.2) is 6.61 Å². The van der Waals surface area contributed by atoms with Gasteiger partial charge in [-0.15, -0.1) is 0 Å². The lowest BCUT2D eigenvalue weighted by molar-refractivity contribution is -0.384. The monoisotopic (exact) mass is 499 g/mol. The van der Waals surface area contributed by atoms with E-state index in [-0.39, 0.29) is 27.6 Å². The summed E-state index contributed by atoms with van der Waals surface area (Å²) >= 11 is 0. The minimum absolute atomic E-state index is 0.0549. The van der Waals surface area contributed by atoms with Crippen molar-refractivity contribution in [3.05, 3.63) is 88.5 Å². The largest absolute Gasteiger partial charge is 0.494 e. The van der Waals surface area contributed by atoms with Gasteiger partial charge in [0.25, 0.3) is 21.6 Å². The number of non-ortho nitro benzene ring substituents is 1. The van der Waals surface area contributed by atoms with Gasteiger partial charge in [0.2, 0.25) is 0 Å². The van der Waals surface area contributed by atoms with Crippen LogP contribution in [0.2, 0.25) is 0 Å². The fourth-order valence-corrected chi connectivity index (χ4v) is 4.26. The molecule has 1 N–H and O–H groups in total. The van der Waals surface area contributed by atoms with Crippen LogP contribution in [0.25, 0.3) is 0 Å². The number of para-hydroxylation sites is 1. The number of nitrogens with one attached hydrogen (secondary N) is 1. The number of nitrogens with zero attached hydrogens (tertiary/aromatic N) is 2. The molecule has 0 aliphatic heterocycles. The Bertz CT molecular complexity index is 1360. The van der Waals surface area contributed by atoms with E-state index in [1.807, 2.05) is 0 Å². The smallest absolute Gasteiger partial charge is 0.338 e. The summed E-state index contributed by atoms with van der Waals surface area (Å²) in [6.45, 7) is -0.681. The van der Waals surface area contributed by atoms with Crippen molar-refractivity contribution in [2.45, 2.75) is 4.90 Å². The summed E-state index contributed by atoms with van der Waals surface area (Å²) in [5.41, 5.74) is 0.308. The van der Waals surface area contributed by atoms with Crippen LogP contribution in [0.4, 0.5) is 17.1 Å². The van der Waals surface area contributed by atoms with Crippen molar-refractivity contribution in [1.82, 2.24) is 0 Å². The Morgan fingerprint density at radius 3 is 2.40 bits per heavy atom. The zero-order chi connectivity index (χ0) is 25.6. The van der Waals surface area contributed by atoms with Gasteiger partial charge >= 0.3 is 5.97 Å². The third kappa shape index (κ3) is 5.92. The molecule has 3 aromatic rings. The molecule has 0 heterocycles. The number of sulfonamides is 1. The van der Waals surface area contributed by atoms with Crippen molar-refractivity contribution < 1.29 is 32.4 Å². The highest BCUT2D eigenvalue weighted by Crippen LogP contribution is 2.29. The van der Waals surface area contributed by atoms with Crippen LogP contribution in [0.15, 0.2) is 77.7 Å². The fraction of sp³-hybridized carbons (Fsp3) is 0.130. The second-order valence-corrected chi connectivity index (χ2v) is 9.07. The Morgan fingerprint density at radius 2 is 1.74 bits per heavy atom. The van der Waals surface area contributed by atoms with E-state index in [1.165, 1.54) is 44.5 Å². The summed E-state index contributed by atoms with van der Waals surface area (Å²) in [6, 6.07) is 17.3. The number of hydrogen-bond donors (Lipinski definition) is 1. The molecular weight excluding hydrogens is 478 g/mol. The van der Waals surface area contributed by atoms with Crippen LogP contribution in [0, 0.1) is 10.1 Å². The van der Waals surface area contributed by atoms with E-state index < -0.39 is 33.4 Å². The maximum absolute atomic E-state index is 13.0. The summed E-state index contributed by atoms with van der Waals surface area (Å²) < 4.78 is 37.0. The molecule has 1 amide bonds. The maximum atomic E-state index is 13.0. The Morgan fingerprint density at radius 1 is 1.03 bits per heavy atom. The van der Waals surface area contributed by atoms with Crippen LogP contribution in [0.5, 0.6) is 5.75 Å². The van der Waals surface area contributed by atoms with Gasteiger partial charge in [-0.2, -0.15) is 0 Å². The van der Waals surface area contributed by atoms with Crippen LogP contribution < -0.4 is 14.4 Å². The van der Waals surface area contributed by atoms with E-state index in [9.17, 15) is 28.1 Å². The number of nitro groups is 1. The molecule has 0 bridgehead atoms. The van der Waals surface area contributed by atoms with Crippen molar-refractivity contribution in [2.75, 3.05) is 30.4 Å². The van der Waals surface area contributed by atoms with Gasteiger partial charge < -0.3 is 14.8 Å². The highest BCUT2D eigenvalue weighted by Gasteiger charge is 2.23. The predicted molar refractivity (Wildman–Crippen MR) is 127 cm³/mol. The standard InChI is InChI=1S/C23H21N3O8S/c1-25(17-8-4-3-5-9-17)35(31,32)19-10-6-7-16(13-19)23(28)34-15-22(27)24-20-12-11-18(26(29)30)14-21(20)33-2/h3-14H,15H2,1-2H3,(H,24,27). The number of nitro benzene ring substituents is 1. The molecule has 35 heavy (non-hydrogen) atoms. The van der Waals surface area contributed by atoms with Gasteiger partial charge in [0.1, 0.15) is 5.75 Å². The van der Waals surface area contributed by atoms with Gasteiger partial charge in [-0.25, -0.2) is 13.2 Å². The van der Waals surface area contributed by atoms with Gasteiger partial charge in [-0.3, -0.25) is 19.2 Å². The Labute approximate surface area is 201 Å². The lowest BCUT2D eigenvalue weighted by Crippen LogP contribution is -2.26. The minimum Gasteiger partial charge on any atom is -0.494 e. The lowest BCUT2D eigenvalue weighted by Gasteiger charge is -2.19. The van der Waals surface area contributed by atoms with Crippen LogP contribution in [0.1, 0.15) is 10.4 Å². The molecular formula is C23H21N3O8S. The van der Waals surface area contributed by atoms with E-state index in [2.05, 4.69) is 5.32 Å². The number of esters is 1. The molecule has 0 radical (unpaired) electrons. The van der Waals surface area contributed by atoms with E-state index in [0.29, 0.717) is 5.69 Å². The summed E-state index contributed by atoms with van der Waals surface area (Å²) in [6.07, 6.45) is 0. The van der Waals surface area contributed by atoms with E-state index in [1.54, 1.807) is 30.3 Å². The molecule has 0 saturated carbocycles. The zero-order valence-corrected chi connectivity index (χ0v) is 19.5. The summed E-state index contributed by atoms with van der Waals surface area (Å²) in [5, 5.41) is 13.3. The first-order valence-electron chi connectivity index (χ1n) is 10.1. The van der Waals surface area contributed by atoms with E-state index in [0.717, 1.165) is 16.4 Å². The van der Waals surface area contributed by atoms with Gasteiger partial charge in [-0.05, 0) is 36.4 Å². The number of methoxy groups -OCH3 is 1. The second kappa shape index (κ2) is 10.7. The SMILES string of the molecule is COc1cc([N+](=O)[O-])ccc1NC(=O)COC(=O)c1cccc(S(=O)(=O)N(C)c2ccccc2)c1. The van der Waals surface area contributed by atoms with Crippen molar-refractivity contribution in [3.63, 3.8) is 0 Å². The van der Waals surface area contributed by atoms with Gasteiger partial charge in [-0.1, -0.05) is 24.3 Å². The average Bonchev–Trinajstić information content (AvgIpc) is 2.87. The van der Waals surface area contributed by atoms with Crippen molar-refractivity contribution in [1.29, 1.82) is 0 Å². The molecule has 11 nitrogen and oxygen atoms in total. The summed E-state index contributed by atoms with van der Waals surface area (Å²) in [5.74, 6) is -1.58. The first-order valence-corrected chi connectivity index (χ1v) is 11.5. The van der Waals surface area contributed by atoms with Crippen LogP contribution in [-0.4, -0.2) is 46.0 Å². The van der Waals surface area contributed by atoms with Gasteiger partial charge in [0, 0.05) is 13.1 Å². The molecule has 0 aliphatic rings. The maximum Gasteiger partial charge on any atom is 0.338 e. The first-order chi connectivity index (χ1) is 16.6. The number of carbonyl (C=O) groups is 2. The Balaban J connectivity index is 1.68. The molecule has 0 saturated heterocycles. The van der Waals surface area contributed by atoms with Gasteiger partial charge in [0.05, 0.1) is 39.9 Å². The number of amides is 1. The topological polar surface area (TPSA) is 145 Å². The highest BCUT2D eigenvalue weighted by atomic mass is 32.2. The van der Waals surface area contributed by atoms with Crippen molar-refractivity contribution >= 4 is 39.0 Å².